The van der Waals surface area contributed by atoms with Crippen LogP contribution in [0.4, 0.5) is 4.39 Å². The molecule has 0 bridgehead atoms. The largest absolute Gasteiger partial charge is 0.489 e. The molecule has 0 atom stereocenters. The van der Waals surface area contributed by atoms with Crippen LogP contribution in [-0.2, 0) is 6.61 Å². The number of fused-ring (bicyclic) bond motifs is 1. The van der Waals surface area contributed by atoms with Gasteiger partial charge in [-0.2, -0.15) is 5.26 Å². The maximum absolute atomic E-state index is 13.3. The predicted molar refractivity (Wildman–Crippen MR) is 79.4 cm³/mol. The second-order valence-electron chi connectivity index (χ2n) is 4.76. The first-order chi connectivity index (χ1) is 10.2. The molecule has 0 aliphatic heterocycles. The minimum absolute atomic E-state index is 0.253. The molecule has 3 rings (SSSR count). The van der Waals surface area contributed by atoms with Gasteiger partial charge >= 0.3 is 0 Å². The Hall–Kier alpha value is -2.86. The van der Waals surface area contributed by atoms with Crippen LogP contribution in [0.1, 0.15) is 11.1 Å². The van der Waals surface area contributed by atoms with E-state index in [1.165, 1.54) is 23.6 Å². The Morgan fingerprint density at radius 1 is 0.952 bits per heavy atom. The van der Waals surface area contributed by atoms with Crippen molar-refractivity contribution in [2.75, 3.05) is 0 Å². The number of nitriles is 1. The van der Waals surface area contributed by atoms with E-state index in [1.807, 2.05) is 48.5 Å². The van der Waals surface area contributed by atoms with Gasteiger partial charge in [0.1, 0.15) is 18.2 Å². The van der Waals surface area contributed by atoms with Crippen LogP contribution < -0.4 is 4.74 Å². The normalized spacial score (nSPS) is 10.3. The van der Waals surface area contributed by atoms with Gasteiger partial charge in [-0.25, -0.2) is 4.39 Å². The molecular weight excluding hydrogens is 265 g/mol. The van der Waals surface area contributed by atoms with Crippen LogP contribution in [0.3, 0.4) is 0 Å². The smallest absolute Gasteiger partial charge is 0.128 e. The topological polar surface area (TPSA) is 33.0 Å². The molecule has 3 aromatic carbocycles. The summed E-state index contributed by atoms with van der Waals surface area (Å²) >= 11 is 0. The summed E-state index contributed by atoms with van der Waals surface area (Å²) in [6.07, 6.45) is 0. The standard InChI is InChI=1S/C18H12FNO/c19-17-8-14(11-20)9-18(10-17)21-12-13-5-6-15-3-1-2-4-16(15)7-13/h1-10H,12H2. The summed E-state index contributed by atoms with van der Waals surface area (Å²) < 4.78 is 18.9. The number of nitrogens with zero attached hydrogens (tertiary/aromatic N) is 1. The molecule has 0 spiro atoms. The number of halogens is 1. The van der Waals surface area contributed by atoms with Gasteiger partial charge < -0.3 is 4.74 Å². The Labute approximate surface area is 122 Å². The van der Waals surface area contributed by atoms with Gasteiger partial charge in [0.2, 0.25) is 0 Å². The van der Waals surface area contributed by atoms with E-state index in [2.05, 4.69) is 0 Å². The molecule has 0 amide bonds. The zero-order valence-electron chi connectivity index (χ0n) is 11.2. The lowest BCUT2D eigenvalue weighted by Gasteiger charge is -2.08. The summed E-state index contributed by atoms with van der Waals surface area (Å²) in [5.41, 5.74) is 1.25. The summed E-state index contributed by atoms with van der Waals surface area (Å²) in [4.78, 5) is 0. The number of hydrogen-bond acceptors (Lipinski definition) is 2. The maximum Gasteiger partial charge on any atom is 0.128 e. The molecule has 0 aliphatic carbocycles. The molecule has 0 aliphatic rings. The third-order valence-corrected chi connectivity index (χ3v) is 3.22. The fourth-order valence-electron chi connectivity index (χ4n) is 2.21. The summed E-state index contributed by atoms with van der Waals surface area (Å²) in [6, 6.07) is 20.0. The van der Waals surface area contributed by atoms with E-state index in [-0.39, 0.29) is 5.56 Å². The Kier molecular flexibility index (Phi) is 3.53. The molecule has 2 nitrogen and oxygen atoms in total. The second-order valence-corrected chi connectivity index (χ2v) is 4.76. The van der Waals surface area contributed by atoms with Crippen molar-refractivity contribution in [1.29, 1.82) is 5.26 Å². The lowest BCUT2D eigenvalue weighted by atomic mass is 10.1. The van der Waals surface area contributed by atoms with E-state index in [4.69, 9.17) is 10.00 Å². The molecule has 0 heterocycles. The molecule has 0 N–H and O–H groups in total. The Morgan fingerprint density at radius 3 is 2.57 bits per heavy atom. The predicted octanol–water partition coefficient (Wildman–Crippen LogP) is 4.43. The van der Waals surface area contributed by atoms with Crippen LogP contribution in [0.2, 0.25) is 0 Å². The van der Waals surface area contributed by atoms with Crippen LogP contribution in [0, 0.1) is 17.1 Å². The molecule has 0 aromatic heterocycles. The fourth-order valence-corrected chi connectivity index (χ4v) is 2.21. The zero-order valence-corrected chi connectivity index (χ0v) is 11.2. The highest BCUT2D eigenvalue weighted by Crippen LogP contribution is 2.19. The number of ether oxygens (including phenoxy) is 1. The number of benzene rings is 3. The fraction of sp³-hybridized carbons (Fsp3) is 0.0556. The average Bonchev–Trinajstić information content (AvgIpc) is 2.52. The zero-order chi connectivity index (χ0) is 14.7. The van der Waals surface area contributed by atoms with Crippen molar-refractivity contribution >= 4 is 10.8 Å². The van der Waals surface area contributed by atoms with Crippen LogP contribution >= 0.6 is 0 Å². The van der Waals surface area contributed by atoms with Crippen molar-refractivity contribution in [1.82, 2.24) is 0 Å². The lowest BCUT2D eigenvalue weighted by molar-refractivity contribution is 0.304. The summed E-state index contributed by atoms with van der Waals surface area (Å²) in [5, 5.41) is 11.1. The van der Waals surface area contributed by atoms with Gasteiger partial charge in [-0.3, -0.25) is 0 Å². The van der Waals surface area contributed by atoms with Crippen molar-refractivity contribution in [2.45, 2.75) is 6.61 Å². The Balaban J connectivity index is 1.80. The minimum Gasteiger partial charge on any atom is -0.489 e. The summed E-state index contributed by atoms with van der Waals surface area (Å²) in [5.74, 6) is -0.109. The Bertz CT molecular complexity index is 836. The first-order valence-corrected chi connectivity index (χ1v) is 6.56. The molecule has 0 saturated heterocycles. The van der Waals surface area contributed by atoms with Gasteiger partial charge in [0, 0.05) is 6.07 Å². The van der Waals surface area contributed by atoms with Crippen LogP contribution in [0.25, 0.3) is 10.8 Å². The van der Waals surface area contributed by atoms with E-state index in [0.717, 1.165) is 10.9 Å². The highest BCUT2D eigenvalue weighted by atomic mass is 19.1. The molecule has 0 radical (unpaired) electrons. The van der Waals surface area contributed by atoms with E-state index < -0.39 is 5.82 Å². The van der Waals surface area contributed by atoms with Gasteiger partial charge in [0.05, 0.1) is 11.6 Å². The quantitative estimate of drug-likeness (QED) is 0.709. The van der Waals surface area contributed by atoms with Crippen LogP contribution in [0.5, 0.6) is 5.75 Å². The molecule has 0 fully saturated rings. The number of hydrogen-bond donors (Lipinski definition) is 0. The SMILES string of the molecule is N#Cc1cc(F)cc(OCc2ccc3ccccc3c2)c1. The van der Waals surface area contributed by atoms with Crippen molar-refractivity contribution in [3.05, 3.63) is 77.6 Å². The molecular formula is C18H12FNO. The average molecular weight is 277 g/mol. The molecule has 3 aromatic rings. The van der Waals surface area contributed by atoms with Gasteiger partial charge in [-0.1, -0.05) is 36.4 Å². The van der Waals surface area contributed by atoms with Crippen LogP contribution in [-0.4, -0.2) is 0 Å². The van der Waals surface area contributed by atoms with Gasteiger partial charge in [-0.05, 0) is 34.5 Å². The monoisotopic (exact) mass is 277 g/mol. The summed E-state index contributed by atoms with van der Waals surface area (Å²) in [7, 11) is 0. The van der Waals surface area contributed by atoms with Crippen molar-refractivity contribution in [3.8, 4) is 11.8 Å². The molecule has 102 valence electrons. The highest BCUT2D eigenvalue weighted by molar-refractivity contribution is 5.82. The Morgan fingerprint density at radius 2 is 1.76 bits per heavy atom. The van der Waals surface area contributed by atoms with E-state index in [9.17, 15) is 4.39 Å². The van der Waals surface area contributed by atoms with E-state index >= 15 is 0 Å². The van der Waals surface area contributed by atoms with Gasteiger partial charge in [0.15, 0.2) is 0 Å². The van der Waals surface area contributed by atoms with Crippen molar-refractivity contribution < 1.29 is 9.13 Å². The van der Waals surface area contributed by atoms with E-state index in [0.29, 0.717) is 12.4 Å². The maximum atomic E-state index is 13.3. The summed E-state index contributed by atoms with van der Waals surface area (Å²) in [6.45, 7) is 0.332. The highest BCUT2D eigenvalue weighted by Gasteiger charge is 2.03. The second kappa shape index (κ2) is 5.64. The lowest BCUT2D eigenvalue weighted by Crippen LogP contribution is -1.96. The van der Waals surface area contributed by atoms with Gasteiger partial charge in [-0.15, -0.1) is 0 Å². The molecule has 0 unspecified atom stereocenters. The number of rotatable bonds is 3. The molecule has 21 heavy (non-hydrogen) atoms. The van der Waals surface area contributed by atoms with Crippen molar-refractivity contribution in [2.24, 2.45) is 0 Å². The first kappa shape index (κ1) is 13.1. The van der Waals surface area contributed by atoms with Crippen molar-refractivity contribution in [3.63, 3.8) is 0 Å². The minimum atomic E-state index is -0.470. The molecule has 0 saturated carbocycles. The molecule has 3 heteroatoms. The third kappa shape index (κ3) is 3.01. The van der Waals surface area contributed by atoms with Gasteiger partial charge in [0.25, 0.3) is 0 Å². The first-order valence-electron chi connectivity index (χ1n) is 6.56. The third-order valence-electron chi connectivity index (χ3n) is 3.22. The van der Waals surface area contributed by atoms with Crippen LogP contribution in [0.15, 0.2) is 60.7 Å². The van der Waals surface area contributed by atoms with E-state index in [1.54, 1.807) is 0 Å².